The SMILES string of the molecule is CC1(N)CCN(c2cnc3c(-c4cccc(N5CCN(Cc6ccncc6N6CCC(=O)NC6=O)CC5)c4Cl)[nH]nc3n2)CC1. The number of pyridine rings is 1. The summed E-state index contributed by atoms with van der Waals surface area (Å²) in [5.41, 5.74) is 11.7. The lowest BCUT2D eigenvalue weighted by Gasteiger charge is -2.37. The summed E-state index contributed by atoms with van der Waals surface area (Å²) in [6, 6.07) is 7.56. The van der Waals surface area contributed by atoms with Gasteiger partial charge in [-0.25, -0.2) is 14.8 Å². The summed E-state index contributed by atoms with van der Waals surface area (Å²) in [7, 11) is 0. The number of carbonyl (C=O) groups excluding carboxylic acids is 2. The number of nitrogens with two attached hydrogens (primary N) is 1. The van der Waals surface area contributed by atoms with Crippen molar-refractivity contribution in [3.63, 3.8) is 0 Å². The van der Waals surface area contributed by atoms with E-state index in [1.807, 2.05) is 30.5 Å². The molecule has 0 bridgehead atoms. The number of benzene rings is 1. The van der Waals surface area contributed by atoms with Crippen LogP contribution in [0.2, 0.25) is 5.02 Å². The van der Waals surface area contributed by atoms with Gasteiger partial charge in [0.2, 0.25) is 11.6 Å². The van der Waals surface area contributed by atoms with Crippen molar-refractivity contribution in [1.82, 2.24) is 35.4 Å². The van der Waals surface area contributed by atoms with Gasteiger partial charge in [0.25, 0.3) is 0 Å². The highest BCUT2D eigenvalue weighted by Crippen LogP contribution is 2.38. The van der Waals surface area contributed by atoms with Crippen LogP contribution in [0, 0.1) is 0 Å². The van der Waals surface area contributed by atoms with E-state index < -0.39 is 6.03 Å². The predicted molar refractivity (Wildman–Crippen MR) is 173 cm³/mol. The minimum absolute atomic E-state index is 0.138. The number of urea groups is 1. The van der Waals surface area contributed by atoms with Gasteiger partial charge >= 0.3 is 6.03 Å². The molecule has 7 rings (SSSR count). The Hall–Kier alpha value is -4.33. The van der Waals surface area contributed by atoms with Crippen molar-refractivity contribution in [3.8, 4) is 11.3 Å². The number of imide groups is 1. The second-order valence-electron chi connectivity index (χ2n) is 12.3. The maximum absolute atomic E-state index is 12.5. The van der Waals surface area contributed by atoms with Crippen LogP contribution in [-0.4, -0.2) is 93.3 Å². The summed E-state index contributed by atoms with van der Waals surface area (Å²) in [4.78, 5) is 46.4. The Balaban J connectivity index is 1.04. The average Bonchev–Trinajstić information content (AvgIpc) is 3.45. The first kappa shape index (κ1) is 29.4. The molecule has 4 N–H and O–H groups in total. The van der Waals surface area contributed by atoms with Crippen LogP contribution in [0.15, 0.2) is 42.9 Å². The van der Waals surface area contributed by atoms with Gasteiger partial charge in [-0.05, 0) is 37.5 Å². The molecule has 0 radical (unpaired) electrons. The highest BCUT2D eigenvalue weighted by Gasteiger charge is 2.29. The normalized spacial score (nSPS) is 19.3. The number of hydrogen-bond acceptors (Lipinski definition) is 10. The average molecular weight is 630 g/mol. The third-order valence-electron chi connectivity index (χ3n) is 9.07. The molecule has 4 aromatic rings. The van der Waals surface area contributed by atoms with Crippen LogP contribution in [-0.2, 0) is 11.3 Å². The Morgan fingerprint density at radius 1 is 0.978 bits per heavy atom. The number of halogens is 1. The van der Waals surface area contributed by atoms with Crippen molar-refractivity contribution in [3.05, 3.63) is 53.4 Å². The van der Waals surface area contributed by atoms with E-state index in [9.17, 15) is 9.59 Å². The fourth-order valence-corrected chi connectivity index (χ4v) is 6.64. The summed E-state index contributed by atoms with van der Waals surface area (Å²) in [5.74, 6) is 0.554. The zero-order chi connectivity index (χ0) is 31.1. The zero-order valence-electron chi connectivity index (χ0n) is 25.2. The highest BCUT2D eigenvalue weighted by atomic mass is 35.5. The van der Waals surface area contributed by atoms with Gasteiger partial charge in [0.1, 0.15) is 11.3 Å². The topological polar surface area (TPSA) is 152 Å². The number of carbonyl (C=O) groups is 2. The van der Waals surface area contributed by atoms with Crippen molar-refractivity contribution in [2.75, 3.05) is 60.5 Å². The molecular weight excluding hydrogens is 594 g/mol. The second-order valence-corrected chi connectivity index (χ2v) is 12.7. The van der Waals surface area contributed by atoms with Crippen LogP contribution in [0.3, 0.4) is 0 Å². The number of amides is 3. The molecule has 0 spiro atoms. The first-order valence-corrected chi connectivity index (χ1v) is 15.7. The maximum atomic E-state index is 12.5. The Morgan fingerprint density at radius 2 is 1.78 bits per heavy atom. The quantitative estimate of drug-likeness (QED) is 0.290. The number of aromatic amines is 1. The van der Waals surface area contributed by atoms with Crippen LogP contribution in [0.25, 0.3) is 22.4 Å². The molecule has 3 aliphatic rings. The maximum Gasteiger partial charge on any atom is 0.328 e. The van der Waals surface area contributed by atoms with Crippen molar-refractivity contribution < 1.29 is 9.59 Å². The van der Waals surface area contributed by atoms with Crippen LogP contribution >= 0.6 is 11.6 Å². The zero-order valence-corrected chi connectivity index (χ0v) is 25.9. The molecule has 3 fully saturated rings. The fraction of sp³-hybridized carbons (Fsp3) is 0.419. The first-order valence-electron chi connectivity index (χ1n) is 15.3. The smallest absolute Gasteiger partial charge is 0.328 e. The Morgan fingerprint density at radius 3 is 2.56 bits per heavy atom. The van der Waals surface area contributed by atoms with Crippen molar-refractivity contribution in [2.45, 2.75) is 38.3 Å². The molecule has 0 saturated carbocycles. The van der Waals surface area contributed by atoms with E-state index in [1.54, 1.807) is 17.3 Å². The molecule has 3 aliphatic heterocycles. The molecule has 3 amide bonds. The number of fused-ring (bicyclic) bond motifs is 1. The van der Waals surface area contributed by atoms with E-state index in [0.717, 1.165) is 86.1 Å². The van der Waals surface area contributed by atoms with Crippen molar-refractivity contribution in [1.29, 1.82) is 0 Å². The lowest BCUT2D eigenvalue weighted by molar-refractivity contribution is -0.120. The second kappa shape index (κ2) is 11.9. The van der Waals surface area contributed by atoms with Gasteiger partial charge in [-0.1, -0.05) is 23.7 Å². The van der Waals surface area contributed by atoms with Crippen LogP contribution in [0.5, 0.6) is 0 Å². The number of aromatic nitrogens is 5. The molecule has 3 saturated heterocycles. The monoisotopic (exact) mass is 629 g/mol. The Kier molecular flexibility index (Phi) is 7.76. The number of nitrogens with zero attached hydrogens (tertiary/aromatic N) is 8. The molecular formula is C31H36ClN11O2. The lowest BCUT2D eigenvalue weighted by atomic mass is 9.91. The van der Waals surface area contributed by atoms with Gasteiger partial charge in [0.05, 0.1) is 34.5 Å². The molecule has 14 heteroatoms. The highest BCUT2D eigenvalue weighted by molar-refractivity contribution is 6.36. The summed E-state index contributed by atoms with van der Waals surface area (Å²) in [6.45, 7) is 7.99. The Labute approximate surface area is 265 Å². The third kappa shape index (κ3) is 5.90. The molecule has 0 aliphatic carbocycles. The molecule has 3 aromatic heterocycles. The minimum atomic E-state index is -0.405. The van der Waals surface area contributed by atoms with Gasteiger partial charge in [-0.2, -0.15) is 5.10 Å². The lowest BCUT2D eigenvalue weighted by Crippen LogP contribution is -2.50. The number of anilines is 3. The molecule has 234 valence electrons. The summed E-state index contributed by atoms with van der Waals surface area (Å²) < 4.78 is 0. The number of nitrogens with one attached hydrogen (secondary N) is 2. The van der Waals surface area contributed by atoms with E-state index in [4.69, 9.17) is 27.3 Å². The van der Waals surface area contributed by atoms with E-state index in [0.29, 0.717) is 29.3 Å². The summed E-state index contributed by atoms with van der Waals surface area (Å²) in [5, 5.41) is 10.7. The van der Waals surface area contributed by atoms with Gasteiger partial charge in [-0.15, -0.1) is 0 Å². The van der Waals surface area contributed by atoms with E-state index in [-0.39, 0.29) is 17.9 Å². The third-order valence-corrected chi connectivity index (χ3v) is 9.47. The number of piperazine rings is 1. The fourth-order valence-electron chi connectivity index (χ4n) is 6.30. The Bertz CT molecular complexity index is 1740. The molecule has 0 atom stereocenters. The predicted octanol–water partition coefficient (Wildman–Crippen LogP) is 3.15. The van der Waals surface area contributed by atoms with Crippen LogP contribution in [0.1, 0.15) is 31.7 Å². The van der Waals surface area contributed by atoms with Crippen LogP contribution < -0.4 is 25.8 Å². The number of hydrogen-bond donors (Lipinski definition) is 3. The van der Waals surface area contributed by atoms with E-state index in [1.165, 1.54) is 0 Å². The minimum Gasteiger partial charge on any atom is -0.368 e. The molecule has 6 heterocycles. The summed E-state index contributed by atoms with van der Waals surface area (Å²) >= 11 is 7.07. The first-order chi connectivity index (χ1) is 21.8. The van der Waals surface area contributed by atoms with Gasteiger partial charge in [-0.3, -0.25) is 30.0 Å². The van der Waals surface area contributed by atoms with Crippen molar-refractivity contribution in [2.24, 2.45) is 5.73 Å². The van der Waals surface area contributed by atoms with Gasteiger partial charge < -0.3 is 15.5 Å². The number of rotatable bonds is 6. The number of piperidine rings is 1. The molecule has 0 unspecified atom stereocenters. The molecule has 45 heavy (non-hydrogen) atoms. The standard InChI is InChI=1S/C31H36ClN11O2/c1-31(33)7-11-42(12-8-31)24-18-35-28-27(38-39-29(28)36-24)21-3-2-4-22(26(21)32)41-15-13-40(14-16-41)19-20-5-9-34-17-23(20)43-10-6-25(44)37-30(43)45/h2-5,9,17-18H,6-8,10-16,19,33H2,1H3,(H,36,38,39)(H,37,44,45). The largest absolute Gasteiger partial charge is 0.368 e. The van der Waals surface area contributed by atoms with Crippen molar-refractivity contribution >= 4 is 51.9 Å². The molecule has 13 nitrogen and oxygen atoms in total. The van der Waals surface area contributed by atoms with E-state index in [2.05, 4.69) is 42.1 Å². The summed E-state index contributed by atoms with van der Waals surface area (Å²) in [6.07, 6.45) is 7.32. The number of H-pyrrole nitrogens is 1. The van der Waals surface area contributed by atoms with Gasteiger partial charge in [0, 0.05) is 76.1 Å². The molecule has 1 aromatic carbocycles. The van der Waals surface area contributed by atoms with E-state index >= 15 is 0 Å². The van der Waals surface area contributed by atoms with Gasteiger partial charge in [0.15, 0.2) is 0 Å². The van der Waals surface area contributed by atoms with Crippen LogP contribution in [0.4, 0.5) is 22.0 Å².